The number of rotatable bonds is 21. The third-order valence-electron chi connectivity index (χ3n) is 5.53. The fraction of sp³-hybridized carbons (Fsp3) is 0.750. The number of ether oxygens (including phenoxy) is 6. The molecule has 0 aliphatic heterocycles. The first kappa shape index (κ1) is 31.4. The van der Waals surface area contributed by atoms with E-state index in [1.807, 2.05) is 0 Å². The molecule has 11 heteroatoms. The highest BCUT2D eigenvalue weighted by Crippen LogP contribution is 2.36. The number of hydrogen-bond acceptors (Lipinski definition) is 9. The number of nitrogens with zero attached hydrogens (tertiary/aromatic N) is 1. The number of benzene rings is 1. The minimum absolute atomic E-state index is 0.0333. The summed E-state index contributed by atoms with van der Waals surface area (Å²) in [5.74, 6) is 0.566. The van der Waals surface area contributed by atoms with Gasteiger partial charge in [-0.2, -0.15) is 0 Å². The van der Waals surface area contributed by atoms with Crippen molar-refractivity contribution in [3.63, 3.8) is 0 Å². The van der Waals surface area contributed by atoms with Crippen molar-refractivity contribution in [2.45, 2.75) is 38.9 Å². The fourth-order valence-electron chi connectivity index (χ4n) is 2.44. The van der Waals surface area contributed by atoms with E-state index >= 15 is 0 Å². The Morgan fingerprint density at radius 1 is 0.686 bits per heavy atom. The lowest BCUT2D eigenvalue weighted by Crippen LogP contribution is -2.41. The average molecular weight is 518 g/mol. The normalized spacial score (nSPS) is 12.1. The van der Waals surface area contributed by atoms with Crippen LogP contribution < -0.4 is 4.74 Å². The van der Waals surface area contributed by atoms with Gasteiger partial charge in [0, 0.05) is 12.1 Å². The standard InChI is InChI=1S/C24H43NO9Si/c1-24(2,3)35(4,5)34-21-19-32-17-15-30-13-11-28-10-12-29-14-16-31-18-20-33-23-8-6-22(7-9-23)25(26)27/h6-9H,10-21H2,1-5H3. The molecule has 1 rings (SSSR count). The Morgan fingerprint density at radius 2 is 1.06 bits per heavy atom. The summed E-state index contributed by atoms with van der Waals surface area (Å²) < 4.78 is 38.9. The number of non-ortho nitro benzene ring substituents is 1. The lowest BCUT2D eigenvalue weighted by atomic mass is 10.2. The van der Waals surface area contributed by atoms with Gasteiger partial charge in [-0.05, 0) is 30.3 Å². The van der Waals surface area contributed by atoms with Crippen molar-refractivity contribution in [2.24, 2.45) is 0 Å². The molecule has 0 spiro atoms. The summed E-state index contributed by atoms with van der Waals surface area (Å²) in [6, 6.07) is 5.93. The van der Waals surface area contributed by atoms with Gasteiger partial charge in [-0.1, -0.05) is 20.8 Å². The molecule has 0 N–H and O–H groups in total. The quantitative estimate of drug-likeness (QED) is 0.103. The van der Waals surface area contributed by atoms with E-state index in [1.165, 1.54) is 12.1 Å². The van der Waals surface area contributed by atoms with Crippen molar-refractivity contribution in [3.05, 3.63) is 34.4 Å². The summed E-state index contributed by atoms with van der Waals surface area (Å²) >= 11 is 0. The Balaban J connectivity index is 1.79. The summed E-state index contributed by atoms with van der Waals surface area (Å²) in [5.41, 5.74) is 0.0333. The third kappa shape index (κ3) is 15.2. The zero-order valence-corrected chi connectivity index (χ0v) is 22.9. The van der Waals surface area contributed by atoms with E-state index in [9.17, 15) is 10.1 Å². The molecule has 10 nitrogen and oxygen atoms in total. The Hall–Kier alpha value is -1.60. The Bertz CT molecular complexity index is 681. The van der Waals surface area contributed by atoms with Gasteiger partial charge in [0.05, 0.1) is 77.6 Å². The molecule has 1 aromatic carbocycles. The van der Waals surface area contributed by atoms with Crippen LogP contribution in [0.3, 0.4) is 0 Å². The van der Waals surface area contributed by atoms with Gasteiger partial charge in [-0.25, -0.2) is 0 Å². The van der Waals surface area contributed by atoms with Crippen LogP contribution in [-0.4, -0.2) is 92.5 Å². The molecule has 0 aromatic heterocycles. The van der Waals surface area contributed by atoms with E-state index in [2.05, 4.69) is 33.9 Å². The highest BCUT2D eigenvalue weighted by atomic mass is 28.4. The lowest BCUT2D eigenvalue weighted by molar-refractivity contribution is -0.384. The maximum atomic E-state index is 10.6. The van der Waals surface area contributed by atoms with E-state index in [-0.39, 0.29) is 10.7 Å². The van der Waals surface area contributed by atoms with E-state index in [0.717, 1.165) is 0 Å². The second-order valence-corrected chi connectivity index (χ2v) is 14.1. The van der Waals surface area contributed by atoms with Crippen LogP contribution in [0.2, 0.25) is 18.1 Å². The Kier molecular flexibility index (Phi) is 16.0. The zero-order chi connectivity index (χ0) is 26.0. The molecule has 0 heterocycles. The Morgan fingerprint density at radius 3 is 1.43 bits per heavy atom. The van der Waals surface area contributed by atoms with Gasteiger partial charge in [0.15, 0.2) is 8.32 Å². The largest absolute Gasteiger partial charge is 0.491 e. The number of hydrogen-bond donors (Lipinski definition) is 0. The molecule has 0 amide bonds. The Labute approximate surface area is 210 Å². The van der Waals surface area contributed by atoms with Gasteiger partial charge in [0.2, 0.25) is 0 Å². The second kappa shape index (κ2) is 17.8. The molecule has 202 valence electrons. The van der Waals surface area contributed by atoms with Crippen LogP contribution in [0.25, 0.3) is 0 Å². The van der Waals surface area contributed by atoms with Crippen LogP contribution in [0.1, 0.15) is 20.8 Å². The summed E-state index contributed by atoms with van der Waals surface area (Å²) in [6.45, 7) is 17.1. The van der Waals surface area contributed by atoms with Crippen LogP contribution in [-0.2, 0) is 28.1 Å². The smallest absolute Gasteiger partial charge is 0.269 e. The summed E-state index contributed by atoms with van der Waals surface area (Å²) in [6.07, 6.45) is 0. The molecule has 0 saturated carbocycles. The molecule has 1 aromatic rings. The second-order valence-electron chi connectivity index (χ2n) is 9.27. The topological polar surface area (TPSA) is 108 Å². The first-order chi connectivity index (χ1) is 16.6. The number of nitro benzene ring substituents is 1. The van der Waals surface area contributed by atoms with Gasteiger partial charge in [0.1, 0.15) is 12.4 Å². The summed E-state index contributed by atoms with van der Waals surface area (Å²) in [5, 5.41) is 10.8. The molecule has 0 atom stereocenters. The first-order valence-electron chi connectivity index (χ1n) is 12.0. The highest BCUT2D eigenvalue weighted by molar-refractivity contribution is 6.74. The van der Waals surface area contributed by atoms with Crippen molar-refractivity contribution in [1.29, 1.82) is 0 Å². The van der Waals surface area contributed by atoms with E-state index in [4.69, 9.17) is 32.8 Å². The van der Waals surface area contributed by atoms with Gasteiger partial charge in [-0.15, -0.1) is 0 Å². The maximum Gasteiger partial charge on any atom is 0.269 e. The fourth-order valence-corrected chi connectivity index (χ4v) is 3.46. The van der Waals surface area contributed by atoms with Crippen LogP contribution in [0.15, 0.2) is 24.3 Å². The van der Waals surface area contributed by atoms with Gasteiger partial charge in [-0.3, -0.25) is 10.1 Å². The van der Waals surface area contributed by atoms with Gasteiger partial charge >= 0.3 is 0 Å². The molecule has 0 aliphatic carbocycles. The van der Waals surface area contributed by atoms with E-state index in [0.29, 0.717) is 85.0 Å². The molecule has 0 aliphatic rings. The van der Waals surface area contributed by atoms with E-state index < -0.39 is 13.2 Å². The van der Waals surface area contributed by atoms with Crippen molar-refractivity contribution in [3.8, 4) is 5.75 Å². The minimum Gasteiger partial charge on any atom is -0.491 e. The van der Waals surface area contributed by atoms with Crippen LogP contribution in [0.4, 0.5) is 5.69 Å². The lowest BCUT2D eigenvalue weighted by Gasteiger charge is -2.36. The maximum absolute atomic E-state index is 10.6. The molecule has 0 bridgehead atoms. The first-order valence-corrected chi connectivity index (χ1v) is 14.9. The molecule has 0 radical (unpaired) electrons. The molecule has 0 fully saturated rings. The zero-order valence-electron chi connectivity index (χ0n) is 21.9. The van der Waals surface area contributed by atoms with Gasteiger partial charge in [0.25, 0.3) is 5.69 Å². The average Bonchev–Trinajstić information content (AvgIpc) is 2.80. The number of nitro groups is 1. The predicted octanol–water partition coefficient (Wildman–Crippen LogP) is 4.08. The SMILES string of the molecule is CC(C)(C)[Si](C)(C)OCCOCCOCCOCCOCCOCCOc1ccc([N+](=O)[O-])cc1. The van der Waals surface area contributed by atoms with E-state index in [1.54, 1.807) is 12.1 Å². The summed E-state index contributed by atoms with van der Waals surface area (Å²) in [4.78, 5) is 10.2. The monoisotopic (exact) mass is 517 g/mol. The van der Waals surface area contributed by atoms with Crippen LogP contribution in [0, 0.1) is 10.1 Å². The van der Waals surface area contributed by atoms with Crippen molar-refractivity contribution in [2.75, 3.05) is 79.3 Å². The van der Waals surface area contributed by atoms with Crippen molar-refractivity contribution in [1.82, 2.24) is 0 Å². The van der Waals surface area contributed by atoms with Crippen LogP contribution in [0.5, 0.6) is 5.75 Å². The minimum atomic E-state index is -1.70. The van der Waals surface area contributed by atoms with Crippen LogP contribution >= 0.6 is 0 Å². The molecular weight excluding hydrogens is 474 g/mol. The van der Waals surface area contributed by atoms with Gasteiger partial charge < -0.3 is 32.8 Å². The molecule has 0 saturated heterocycles. The molecular formula is C24H43NO9Si. The molecule has 35 heavy (non-hydrogen) atoms. The van der Waals surface area contributed by atoms with Crippen molar-refractivity contribution < 1.29 is 37.8 Å². The molecule has 0 unspecified atom stereocenters. The predicted molar refractivity (Wildman–Crippen MR) is 136 cm³/mol. The van der Waals surface area contributed by atoms with Crippen molar-refractivity contribution >= 4 is 14.0 Å². The summed E-state index contributed by atoms with van der Waals surface area (Å²) in [7, 11) is -1.70. The third-order valence-corrected chi connectivity index (χ3v) is 10.1. The highest BCUT2D eigenvalue weighted by Gasteiger charge is 2.36.